The minimum absolute atomic E-state index is 0.233. The van der Waals surface area contributed by atoms with Crippen LogP contribution in [0.25, 0.3) is 0 Å². The summed E-state index contributed by atoms with van der Waals surface area (Å²) in [5.74, 6) is -1.49. The minimum atomic E-state index is -0.671. The molecule has 0 radical (unpaired) electrons. The highest BCUT2D eigenvalue weighted by atomic mass is 16.2. The maximum Gasteiger partial charge on any atom is 0.249 e. The van der Waals surface area contributed by atoms with Crippen LogP contribution in [-0.2, 0) is 14.4 Å². The fourth-order valence-corrected chi connectivity index (χ4v) is 2.96. The molecule has 3 rings (SSSR count). The highest BCUT2D eigenvalue weighted by molar-refractivity contribution is 6.02. The molecule has 1 saturated heterocycles. The molecule has 7 nitrogen and oxygen atoms in total. The first-order valence-electron chi connectivity index (χ1n) is 7.54. The third-order valence-corrected chi connectivity index (χ3v) is 4.18. The first-order valence-corrected chi connectivity index (χ1v) is 7.54. The van der Waals surface area contributed by atoms with Gasteiger partial charge in [-0.15, -0.1) is 0 Å². The number of carbonyl (C=O) groups is 3. The van der Waals surface area contributed by atoms with Crippen molar-refractivity contribution >= 4 is 23.9 Å². The Morgan fingerprint density at radius 3 is 2.91 bits per heavy atom. The second kappa shape index (κ2) is 6.20. The molecule has 7 heteroatoms. The number of piperidine rings is 1. The summed E-state index contributed by atoms with van der Waals surface area (Å²) in [5.41, 5.74) is 1.87. The van der Waals surface area contributed by atoms with E-state index in [0.717, 1.165) is 11.3 Å². The van der Waals surface area contributed by atoms with Gasteiger partial charge in [0.1, 0.15) is 6.04 Å². The topological polar surface area (TPSA) is 99.7 Å². The Bertz CT molecular complexity index is 675. The van der Waals surface area contributed by atoms with E-state index in [-0.39, 0.29) is 24.3 Å². The molecule has 1 aliphatic carbocycles. The predicted molar refractivity (Wildman–Crippen MR) is 84.5 cm³/mol. The first kappa shape index (κ1) is 15.2. The van der Waals surface area contributed by atoms with E-state index in [1.165, 1.54) is 0 Å². The molecule has 120 valence electrons. The van der Waals surface area contributed by atoms with E-state index in [9.17, 15) is 14.4 Å². The lowest BCUT2D eigenvalue weighted by Crippen LogP contribution is -2.54. The van der Waals surface area contributed by atoms with E-state index in [1.807, 2.05) is 25.3 Å². The lowest BCUT2D eigenvalue weighted by atomic mass is 9.85. The van der Waals surface area contributed by atoms with Crippen molar-refractivity contribution in [1.82, 2.24) is 16.0 Å². The van der Waals surface area contributed by atoms with Crippen molar-refractivity contribution in [1.29, 1.82) is 0 Å². The van der Waals surface area contributed by atoms with Gasteiger partial charge in [0.25, 0.3) is 0 Å². The summed E-state index contributed by atoms with van der Waals surface area (Å²) in [6.45, 7) is 0. The second-order valence-corrected chi connectivity index (χ2v) is 5.62. The molecule has 3 amide bonds. The number of hydrogen-bond acceptors (Lipinski definition) is 5. The summed E-state index contributed by atoms with van der Waals surface area (Å²) >= 11 is 0. The van der Waals surface area contributed by atoms with Gasteiger partial charge in [-0.25, -0.2) is 0 Å². The van der Waals surface area contributed by atoms with Gasteiger partial charge in [-0.3, -0.25) is 24.7 Å². The van der Waals surface area contributed by atoms with Crippen LogP contribution < -0.4 is 16.0 Å². The average molecular weight is 314 g/mol. The number of likely N-dealkylation sites (N-methyl/N-ethyl adjacent to an activating group) is 1. The number of nitrogens with one attached hydrogen (secondary N) is 3. The van der Waals surface area contributed by atoms with Gasteiger partial charge in [0.2, 0.25) is 17.7 Å². The Balaban J connectivity index is 1.74. The number of carbonyl (C=O) groups excluding carboxylic acids is 3. The van der Waals surface area contributed by atoms with Crippen LogP contribution in [0.3, 0.4) is 0 Å². The van der Waals surface area contributed by atoms with Gasteiger partial charge in [-0.2, -0.15) is 0 Å². The van der Waals surface area contributed by atoms with Gasteiger partial charge < -0.3 is 10.6 Å². The number of imide groups is 1. The van der Waals surface area contributed by atoms with Crippen molar-refractivity contribution in [2.45, 2.75) is 24.9 Å². The zero-order valence-electron chi connectivity index (χ0n) is 12.7. The number of allylic oxidation sites excluding steroid dienone is 2. The van der Waals surface area contributed by atoms with Crippen molar-refractivity contribution in [3.8, 4) is 0 Å². The fraction of sp³-hybridized carbons (Fsp3) is 0.375. The van der Waals surface area contributed by atoms with E-state index in [1.54, 1.807) is 12.3 Å². The third kappa shape index (κ3) is 2.94. The first-order chi connectivity index (χ1) is 11.1. The number of fused-ring (bicyclic) bond motifs is 1. The number of hydrogen-bond donors (Lipinski definition) is 3. The van der Waals surface area contributed by atoms with Gasteiger partial charge >= 0.3 is 0 Å². The van der Waals surface area contributed by atoms with E-state index < -0.39 is 17.9 Å². The number of rotatable bonds is 3. The molecule has 2 aliphatic heterocycles. The van der Waals surface area contributed by atoms with Crippen LogP contribution in [0.5, 0.6) is 0 Å². The standard InChI is InChI=1S/C16H18N4O3/c1-17-11-5-4-10(14-9(11)3-2-8-18-14)15(22)19-12-6-7-13(21)20-16(12)23/h2-5,8,10,12,14,17H,6-7H2,1H3,(H,19,22)(H,20,21,23). The van der Waals surface area contributed by atoms with Gasteiger partial charge in [-0.1, -0.05) is 12.2 Å². The Labute approximate surface area is 133 Å². The quantitative estimate of drug-likeness (QED) is 0.616. The van der Waals surface area contributed by atoms with Crippen LogP contribution in [0.15, 0.2) is 40.6 Å². The van der Waals surface area contributed by atoms with Gasteiger partial charge in [0.05, 0.1) is 12.0 Å². The number of dihydropyridines is 1. The number of amides is 3. The predicted octanol–water partition coefficient (Wildman–Crippen LogP) is -0.423. The summed E-state index contributed by atoms with van der Waals surface area (Å²) in [6, 6.07) is -0.976. The van der Waals surface area contributed by atoms with Gasteiger partial charge in [0, 0.05) is 31.0 Å². The van der Waals surface area contributed by atoms with Crippen LogP contribution in [0, 0.1) is 5.92 Å². The molecule has 23 heavy (non-hydrogen) atoms. The van der Waals surface area contributed by atoms with Crippen LogP contribution >= 0.6 is 0 Å². The van der Waals surface area contributed by atoms with Crippen LogP contribution in [0.1, 0.15) is 12.8 Å². The molecule has 0 spiro atoms. The van der Waals surface area contributed by atoms with Crippen molar-refractivity contribution in [2.24, 2.45) is 10.9 Å². The minimum Gasteiger partial charge on any atom is -0.388 e. The molecular weight excluding hydrogens is 296 g/mol. The molecule has 3 atom stereocenters. The van der Waals surface area contributed by atoms with E-state index >= 15 is 0 Å². The molecule has 1 fully saturated rings. The van der Waals surface area contributed by atoms with E-state index in [4.69, 9.17) is 0 Å². The smallest absolute Gasteiger partial charge is 0.249 e. The van der Waals surface area contributed by atoms with Crippen LogP contribution in [-0.4, -0.2) is 43.1 Å². The van der Waals surface area contributed by atoms with Gasteiger partial charge in [-0.05, 0) is 18.6 Å². The maximum atomic E-state index is 12.6. The van der Waals surface area contributed by atoms with Crippen molar-refractivity contribution in [2.75, 3.05) is 7.05 Å². The summed E-state index contributed by atoms with van der Waals surface area (Å²) in [5, 5.41) is 8.06. The molecule has 0 bridgehead atoms. The van der Waals surface area contributed by atoms with E-state index in [0.29, 0.717) is 6.42 Å². The normalized spacial score (nSPS) is 29.2. The van der Waals surface area contributed by atoms with Gasteiger partial charge in [0.15, 0.2) is 0 Å². The van der Waals surface area contributed by atoms with Crippen LogP contribution in [0.2, 0.25) is 0 Å². The molecule has 0 aromatic carbocycles. The van der Waals surface area contributed by atoms with Crippen molar-refractivity contribution in [3.63, 3.8) is 0 Å². The average Bonchev–Trinajstić information content (AvgIpc) is 2.56. The Kier molecular flexibility index (Phi) is 4.10. The van der Waals surface area contributed by atoms with E-state index in [2.05, 4.69) is 20.9 Å². The lowest BCUT2D eigenvalue weighted by molar-refractivity contribution is -0.137. The Hall–Kier alpha value is -2.70. The molecule has 0 saturated carbocycles. The SMILES string of the molecule is CNC1=C2C=CC=NC2C(C(=O)NC2CCC(=O)NC2=O)C=C1. The molecule has 0 aromatic heterocycles. The largest absolute Gasteiger partial charge is 0.388 e. The zero-order chi connectivity index (χ0) is 16.4. The summed E-state index contributed by atoms with van der Waals surface area (Å²) in [4.78, 5) is 39.9. The third-order valence-electron chi connectivity index (χ3n) is 4.18. The monoisotopic (exact) mass is 314 g/mol. The number of nitrogens with zero attached hydrogens (tertiary/aromatic N) is 1. The second-order valence-electron chi connectivity index (χ2n) is 5.62. The fourth-order valence-electron chi connectivity index (χ4n) is 2.96. The molecule has 3 unspecified atom stereocenters. The molecule has 3 aliphatic rings. The molecule has 0 aromatic rings. The zero-order valence-corrected chi connectivity index (χ0v) is 12.7. The lowest BCUT2D eigenvalue weighted by Gasteiger charge is -2.30. The van der Waals surface area contributed by atoms with Crippen molar-refractivity contribution in [3.05, 3.63) is 35.6 Å². The summed E-state index contributed by atoms with van der Waals surface area (Å²) in [6.07, 6.45) is 9.63. The Morgan fingerprint density at radius 1 is 1.35 bits per heavy atom. The highest BCUT2D eigenvalue weighted by Crippen LogP contribution is 2.29. The maximum absolute atomic E-state index is 12.6. The van der Waals surface area contributed by atoms with Crippen molar-refractivity contribution < 1.29 is 14.4 Å². The van der Waals surface area contributed by atoms with Crippen LogP contribution in [0.4, 0.5) is 0 Å². The highest BCUT2D eigenvalue weighted by Gasteiger charge is 2.35. The Morgan fingerprint density at radius 2 is 2.17 bits per heavy atom. The molecule has 2 heterocycles. The summed E-state index contributed by atoms with van der Waals surface area (Å²) in [7, 11) is 1.82. The summed E-state index contributed by atoms with van der Waals surface area (Å²) < 4.78 is 0. The molecule has 3 N–H and O–H groups in total. The molecular formula is C16H18N4O3. The number of aliphatic imine (C=N–C) groups is 1.